The number of nitrogens with one attached hydrogen (secondary N) is 1. The molecule has 1 aliphatic heterocycles. The molecule has 0 spiro atoms. The Kier molecular flexibility index (Phi) is 4.00. The van der Waals surface area contributed by atoms with Crippen LogP contribution in [0, 0.1) is 0 Å². The monoisotopic (exact) mass is 251 g/mol. The van der Waals surface area contributed by atoms with Crippen LogP contribution >= 0.6 is 11.8 Å². The van der Waals surface area contributed by atoms with Gasteiger partial charge in [0.1, 0.15) is 12.4 Å². The minimum Gasteiger partial charge on any atom is -0.491 e. The Morgan fingerprint density at radius 3 is 2.88 bits per heavy atom. The Hall–Kier alpha value is -0.670. The van der Waals surface area contributed by atoms with Crippen LogP contribution in [0.25, 0.3) is 0 Å². The molecule has 1 atom stereocenters. The first-order valence-electron chi connectivity index (χ1n) is 6.15. The molecule has 1 N–H and O–H groups in total. The molecule has 0 aliphatic carbocycles. The van der Waals surface area contributed by atoms with E-state index in [1.165, 1.54) is 5.56 Å². The van der Waals surface area contributed by atoms with Crippen LogP contribution < -0.4 is 10.1 Å². The molecule has 0 amide bonds. The molecule has 0 saturated carbocycles. The van der Waals surface area contributed by atoms with Crippen molar-refractivity contribution in [1.82, 2.24) is 5.32 Å². The first-order valence-corrected chi connectivity index (χ1v) is 7.14. The highest BCUT2D eigenvalue weighted by atomic mass is 32.2. The first-order chi connectivity index (χ1) is 8.06. The van der Waals surface area contributed by atoms with Crippen LogP contribution in [-0.2, 0) is 0 Å². The van der Waals surface area contributed by atoms with Crippen molar-refractivity contribution in [2.24, 2.45) is 0 Å². The van der Waals surface area contributed by atoms with E-state index in [0.717, 1.165) is 24.7 Å². The SMILES string of the molecule is CC(C)(C)SCCNC1COc2ccccc21. The van der Waals surface area contributed by atoms with Crippen molar-refractivity contribution in [2.45, 2.75) is 31.6 Å². The maximum Gasteiger partial charge on any atom is 0.124 e. The normalized spacial score (nSPS) is 18.9. The summed E-state index contributed by atoms with van der Waals surface area (Å²) in [7, 11) is 0. The molecular weight excluding hydrogens is 230 g/mol. The van der Waals surface area contributed by atoms with Gasteiger partial charge in [-0.25, -0.2) is 0 Å². The van der Waals surface area contributed by atoms with E-state index >= 15 is 0 Å². The lowest BCUT2D eigenvalue weighted by atomic mass is 10.1. The molecule has 1 aromatic rings. The van der Waals surface area contributed by atoms with Gasteiger partial charge in [-0.3, -0.25) is 0 Å². The molecule has 0 fully saturated rings. The molecule has 2 rings (SSSR count). The third-order valence-corrected chi connectivity index (χ3v) is 4.00. The van der Waals surface area contributed by atoms with Gasteiger partial charge in [0, 0.05) is 22.6 Å². The van der Waals surface area contributed by atoms with Gasteiger partial charge in [0.2, 0.25) is 0 Å². The van der Waals surface area contributed by atoms with Gasteiger partial charge in [-0.1, -0.05) is 39.0 Å². The highest BCUT2D eigenvalue weighted by Crippen LogP contribution is 2.31. The standard InChI is InChI=1S/C14H21NOS/c1-14(2,3)17-9-8-15-12-10-16-13-7-5-4-6-11(12)13/h4-7,12,15H,8-10H2,1-3H3. The molecule has 1 heterocycles. The van der Waals surface area contributed by atoms with Crippen LogP contribution in [0.2, 0.25) is 0 Å². The average Bonchev–Trinajstić information content (AvgIpc) is 2.67. The number of hydrogen-bond acceptors (Lipinski definition) is 3. The molecule has 3 heteroatoms. The van der Waals surface area contributed by atoms with Crippen molar-refractivity contribution in [3.63, 3.8) is 0 Å². The van der Waals surface area contributed by atoms with Crippen LogP contribution in [0.3, 0.4) is 0 Å². The van der Waals surface area contributed by atoms with Gasteiger partial charge in [0.15, 0.2) is 0 Å². The van der Waals surface area contributed by atoms with Crippen molar-refractivity contribution in [3.05, 3.63) is 29.8 Å². The quantitative estimate of drug-likeness (QED) is 0.830. The van der Waals surface area contributed by atoms with Crippen molar-refractivity contribution >= 4 is 11.8 Å². The number of benzene rings is 1. The molecule has 17 heavy (non-hydrogen) atoms. The largest absolute Gasteiger partial charge is 0.491 e. The van der Waals surface area contributed by atoms with E-state index in [9.17, 15) is 0 Å². The Balaban J connectivity index is 1.78. The summed E-state index contributed by atoms with van der Waals surface area (Å²) in [5, 5.41) is 3.56. The number of para-hydroxylation sites is 1. The Labute approximate surface area is 108 Å². The first kappa shape index (κ1) is 12.8. The van der Waals surface area contributed by atoms with Gasteiger partial charge >= 0.3 is 0 Å². The van der Waals surface area contributed by atoms with Crippen LogP contribution in [0.4, 0.5) is 0 Å². The van der Waals surface area contributed by atoms with Gasteiger partial charge in [0.05, 0.1) is 6.04 Å². The van der Waals surface area contributed by atoms with E-state index in [1.54, 1.807) is 0 Å². The van der Waals surface area contributed by atoms with E-state index in [4.69, 9.17) is 4.74 Å². The summed E-state index contributed by atoms with van der Waals surface area (Å²) in [6.07, 6.45) is 0. The zero-order valence-electron chi connectivity index (χ0n) is 10.8. The molecule has 94 valence electrons. The molecule has 0 radical (unpaired) electrons. The van der Waals surface area contributed by atoms with Crippen molar-refractivity contribution < 1.29 is 4.74 Å². The number of thioether (sulfide) groups is 1. The van der Waals surface area contributed by atoms with Crippen LogP contribution in [0.1, 0.15) is 32.4 Å². The van der Waals surface area contributed by atoms with Crippen molar-refractivity contribution in [1.29, 1.82) is 0 Å². The Bertz CT molecular complexity index is 373. The topological polar surface area (TPSA) is 21.3 Å². The molecule has 0 saturated heterocycles. The van der Waals surface area contributed by atoms with E-state index in [0.29, 0.717) is 10.8 Å². The van der Waals surface area contributed by atoms with Crippen LogP contribution in [-0.4, -0.2) is 23.7 Å². The summed E-state index contributed by atoms with van der Waals surface area (Å²) < 4.78 is 5.99. The molecule has 1 aliphatic rings. The van der Waals surface area contributed by atoms with Crippen molar-refractivity contribution in [2.75, 3.05) is 18.9 Å². The third-order valence-electron chi connectivity index (χ3n) is 2.73. The molecule has 1 unspecified atom stereocenters. The average molecular weight is 251 g/mol. The second-order valence-corrected chi connectivity index (χ2v) is 7.24. The summed E-state index contributed by atoms with van der Waals surface area (Å²) >= 11 is 1.99. The van der Waals surface area contributed by atoms with Crippen molar-refractivity contribution in [3.8, 4) is 5.75 Å². The maximum atomic E-state index is 5.64. The number of ether oxygens (including phenoxy) is 1. The van der Waals surface area contributed by atoms with E-state index < -0.39 is 0 Å². The minimum absolute atomic E-state index is 0.353. The van der Waals surface area contributed by atoms with E-state index in [2.05, 4.69) is 38.2 Å². The third kappa shape index (κ3) is 3.65. The van der Waals surface area contributed by atoms with Crippen LogP contribution in [0.15, 0.2) is 24.3 Å². The fourth-order valence-corrected chi connectivity index (χ4v) is 2.75. The van der Waals surface area contributed by atoms with Gasteiger partial charge in [0.25, 0.3) is 0 Å². The van der Waals surface area contributed by atoms with Gasteiger partial charge in [-0.2, -0.15) is 11.8 Å². The summed E-state index contributed by atoms with van der Waals surface area (Å²) in [5.41, 5.74) is 1.30. The number of fused-ring (bicyclic) bond motifs is 1. The molecule has 1 aromatic carbocycles. The maximum absolute atomic E-state index is 5.64. The van der Waals surface area contributed by atoms with E-state index in [-0.39, 0.29) is 0 Å². The lowest BCUT2D eigenvalue weighted by Crippen LogP contribution is -2.26. The molecule has 2 nitrogen and oxygen atoms in total. The lowest BCUT2D eigenvalue weighted by molar-refractivity contribution is 0.313. The summed E-state index contributed by atoms with van der Waals surface area (Å²) in [4.78, 5) is 0. The molecule has 0 bridgehead atoms. The zero-order chi connectivity index (χ0) is 12.3. The smallest absolute Gasteiger partial charge is 0.124 e. The fourth-order valence-electron chi connectivity index (χ4n) is 1.92. The van der Waals surface area contributed by atoms with Crippen LogP contribution in [0.5, 0.6) is 5.75 Å². The van der Waals surface area contributed by atoms with E-state index in [1.807, 2.05) is 23.9 Å². The van der Waals surface area contributed by atoms with Gasteiger partial charge < -0.3 is 10.1 Å². The lowest BCUT2D eigenvalue weighted by Gasteiger charge is -2.18. The van der Waals surface area contributed by atoms with Gasteiger partial charge in [-0.05, 0) is 6.07 Å². The minimum atomic E-state index is 0.353. The molecule has 0 aromatic heterocycles. The second-order valence-electron chi connectivity index (χ2n) is 5.32. The number of hydrogen-bond donors (Lipinski definition) is 1. The predicted molar refractivity (Wildman–Crippen MR) is 74.9 cm³/mol. The summed E-state index contributed by atoms with van der Waals surface area (Å²) in [6, 6.07) is 8.66. The summed E-state index contributed by atoms with van der Waals surface area (Å²) in [6.45, 7) is 8.56. The zero-order valence-corrected chi connectivity index (χ0v) is 11.6. The Morgan fingerprint density at radius 2 is 2.12 bits per heavy atom. The van der Waals surface area contributed by atoms with Gasteiger partial charge in [-0.15, -0.1) is 0 Å². The predicted octanol–water partition coefficient (Wildman–Crippen LogP) is 3.24. The number of rotatable bonds is 4. The Morgan fingerprint density at radius 1 is 1.35 bits per heavy atom. The highest BCUT2D eigenvalue weighted by molar-refractivity contribution is 8.00. The summed E-state index contributed by atoms with van der Waals surface area (Å²) in [5.74, 6) is 2.18. The highest BCUT2D eigenvalue weighted by Gasteiger charge is 2.22. The fraction of sp³-hybridized carbons (Fsp3) is 0.571. The molecular formula is C14H21NOS. The second kappa shape index (κ2) is 5.32.